The molecule has 0 amide bonds. The summed E-state index contributed by atoms with van der Waals surface area (Å²) in [4.78, 5) is 16.3. The van der Waals surface area contributed by atoms with Crippen molar-refractivity contribution in [2.45, 2.75) is 32.6 Å². The molecule has 1 aliphatic carbocycles. The first kappa shape index (κ1) is 10.1. The molecular formula is C13H15NO. The molecule has 0 fully saturated rings. The van der Waals surface area contributed by atoms with Crippen LogP contribution in [-0.2, 0) is 0 Å². The van der Waals surface area contributed by atoms with Crippen molar-refractivity contribution in [3.05, 3.63) is 41.2 Å². The van der Waals surface area contributed by atoms with Gasteiger partial charge >= 0.3 is 0 Å². The van der Waals surface area contributed by atoms with E-state index in [1.165, 1.54) is 6.42 Å². The van der Waals surface area contributed by atoms with E-state index >= 15 is 0 Å². The molecule has 15 heavy (non-hydrogen) atoms. The minimum atomic E-state index is 0.110. The zero-order valence-corrected chi connectivity index (χ0v) is 8.99. The average molecular weight is 201 g/mol. The van der Waals surface area contributed by atoms with Crippen molar-refractivity contribution in [1.29, 1.82) is 0 Å². The van der Waals surface area contributed by atoms with Crippen LogP contribution in [0.1, 0.15) is 41.9 Å². The molecule has 1 aromatic rings. The van der Waals surface area contributed by atoms with Gasteiger partial charge in [-0.25, -0.2) is 4.98 Å². The van der Waals surface area contributed by atoms with Gasteiger partial charge in [0, 0.05) is 5.69 Å². The molecule has 0 N–H and O–H groups in total. The van der Waals surface area contributed by atoms with Gasteiger partial charge in [0.15, 0.2) is 0 Å². The number of aryl methyl sites for hydroxylation is 1. The smallest absolute Gasteiger partial charge is 0.207 e. The number of carbonyl (C=O) groups is 1. The minimum absolute atomic E-state index is 0.110. The molecule has 2 rings (SSSR count). The number of nitrogens with zero attached hydrogens (tertiary/aromatic N) is 1. The Morgan fingerprint density at radius 1 is 1.33 bits per heavy atom. The fourth-order valence-corrected chi connectivity index (χ4v) is 1.88. The molecule has 0 aromatic carbocycles. The van der Waals surface area contributed by atoms with Gasteiger partial charge in [-0.15, -0.1) is 0 Å². The molecule has 2 nitrogen and oxygen atoms in total. The summed E-state index contributed by atoms with van der Waals surface area (Å²) in [5, 5.41) is 0. The van der Waals surface area contributed by atoms with E-state index in [-0.39, 0.29) is 5.78 Å². The molecule has 0 unspecified atom stereocenters. The van der Waals surface area contributed by atoms with Gasteiger partial charge in [0.1, 0.15) is 5.69 Å². The Hall–Kier alpha value is -1.44. The zero-order chi connectivity index (χ0) is 10.7. The van der Waals surface area contributed by atoms with Crippen molar-refractivity contribution in [3.63, 3.8) is 0 Å². The Kier molecular flexibility index (Phi) is 2.95. The maximum absolute atomic E-state index is 12.0. The van der Waals surface area contributed by atoms with Gasteiger partial charge in [-0.05, 0) is 50.3 Å². The molecule has 1 aliphatic rings. The average Bonchev–Trinajstić information content (AvgIpc) is 2.29. The highest BCUT2D eigenvalue weighted by Gasteiger charge is 2.15. The molecule has 2 heteroatoms. The highest BCUT2D eigenvalue weighted by atomic mass is 16.1. The summed E-state index contributed by atoms with van der Waals surface area (Å²) in [7, 11) is 0. The predicted molar refractivity (Wildman–Crippen MR) is 59.9 cm³/mol. The second-order valence-electron chi connectivity index (χ2n) is 3.97. The second-order valence-corrected chi connectivity index (χ2v) is 3.97. The summed E-state index contributed by atoms with van der Waals surface area (Å²) in [6.07, 6.45) is 6.35. The van der Waals surface area contributed by atoms with E-state index in [0.29, 0.717) is 5.69 Å². The molecule has 1 heterocycles. The minimum Gasteiger partial charge on any atom is -0.287 e. The van der Waals surface area contributed by atoms with E-state index in [0.717, 1.165) is 30.5 Å². The van der Waals surface area contributed by atoms with E-state index < -0.39 is 0 Å². The van der Waals surface area contributed by atoms with Gasteiger partial charge in [0.05, 0.1) is 0 Å². The van der Waals surface area contributed by atoms with Gasteiger partial charge in [0.25, 0.3) is 0 Å². The number of hydrogen-bond acceptors (Lipinski definition) is 2. The lowest BCUT2D eigenvalue weighted by Gasteiger charge is -2.11. The first-order valence-electron chi connectivity index (χ1n) is 5.45. The van der Waals surface area contributed by atoms with Crippen LogP contribution in [0.5, 0.6) is 0 Å². The van der Waals surface area contributed by atoms with Crippen LogP contribution in [0.2, 0.25) is 0 Å². The SMILES string of the molecule is Cc1cccc(C(=O)C2=CCCCC2)n1. The van der Waals surface area contributed by atoms with E-state index in [4.69, 9.17) is 0 Å². The molecule has 0 saturated carbocycles. The van der Waals surface area contributed by atoms with Gasteiger partial charge in [0.2, 0.25) is 5.78 Å². The lowest BCUT2D eigenvalue weighted by molar-refractivity contribution is 0.102. The number of pyridine rings is 1. The van der Waals surface area contributed by atoms with Crippen LogP contribution < -0.4 is 0 Å². The highest BCUT2D eigenvalue weighted by molar-refractivity contribution is 6.07. The third-order valence-electron chi connectivity index (χ3n) is 2.70. The summed E-state index contributed by atoms with van der Waals surface area (Å²) in [5.41, 5.74) is 2.43. The van der Waals surface area contributed by atoms with E-state index in [2.05, 4.69) is 11.1 Å². The Morgan fingerprint density at radius 3 is 2.87 bits per heavy atom. The third-order valence-corrected chi connectivity index (χ3v) is 2.70. The topological polar surface area (TPSA) is 30.0 Å². The summed E-state index contributed by atoms with van der Waals surface area (Å²) >= 11 is 0. The van der Waals surface area contributed by atoms with Crippen molar-refractivity contribution < 1.29 is 4.79 Å². The number of Topliss-reactive ketones (excluding diaryl/α,β-unsaturated/α-hetero) is 1. The van der Waals surface area contributed by atoms with E-state index in [9.17, 15) is 4.79 Å². The number of carbonyl (C=O) groups excluding carboxylic acids is 1. The fourth-order valence-electron chi connectivity index (χ4n) is 1.88. The summed E-state index contributed by atoms with van der Waals surface area (Å²) in [6.45, 7) is 1.91. The number of allylic oxidation sites excluding steroid dienone is 2. The van der Waals surface area contributed by atoms with Gasteiger partial charge < -0.3 is 0 Å². The van der Waals surface area contributed by atoms with Crippen LogP contribution >= 0.6 is 0 Å². The van der Waals surface area contributed by atoms with Crippen molar-refractivity contribution in [3.8, 4) is 0 Å². The molecule has 0 spiro atoms. The van der Waals surface area contributed by atoms with Crippen molar-refractivity contribution in [2.75, 3.05) is 0 Å². The van der Waals surface area contributed by atoms with Crippen molar-refractivity contribution in [1.82, 2.24) is 4.98 Å². The lowest BCUT2D eigenvalue weighted by atomic mass is 9.95. The van der Waals surface area contributed by atoms with Gasteiger partial charge in [-0.1, -0.05) is 12.1 Å². The fraction of sp³-hybridized carbons (Fsp3) is 0.385. The van der Waals surface area contributed by atoms with E-state index in [1.54, 1.807) is 6.07 Å². The van der Waals surface area contributed by atoms with Crippen LogP contribution in [0, 0.1) is 6.92 Å². The highest BCUT2D eigenvalue weighted by Crippen LogP contribution is 2.20. The molecule has 1 aromatic heterocycles. The summed E-state index contributed by atoms with van der Waals surface area (Å²) in [6, 6.07) is 5.59. The molecule has 78 valence electrons. The summed E-state index contributed by atoms with van der Waals surface area (Å²) < 4.78 is 0. The lowest BCUT2D eigenvalue weighted by Crippen LogP contribution is -2.08. The van der Waals surface area contributed by atoms with Crippen LogP contribution in [-0.4, -0.2) is 10.8 Å². The molecule has 0 atom stereocenters. The van der Waals surface area contributed by atoms with Gasteiger partial charge in [-0.3, -0.25) is 4.79 Å². The maximum atomic E-state index is 12.0. The monoisotopic (exact) mass is 201 g/mol. The molecular weight excluding hydrogens is 186 g/mol. The first-order chi connectivity index (χ1) is 7.27. The summed E-state index contributed by atoms with van der Waals surface area (Å²) in [5.74, 6) is 0.110. The largest absolute Gasteiger partial charge is 0.287 e. The number of rotatable bonds is 2. The van der Waals surface area contributed by atoms with Crippen LogP contribution in [0.15, 0.2) is 29.8 Å². The third kappa shape index (κ3) is 2.32. The number of aromatic nitrogens is 1. The standard InChI is InChI=1S/C13H15NO/c1-10-6-5-9-12(14-10)13(15)11-7-3-2-4-8-11/h5-7,9H,2-4,8H2,1H3. The van der Waals surface area contributed by atoms with Crippen LogP contribution in [0.25, 0.3) is 0 Å². The molecule has 0 saturated heterocycles. The van der Waals surface area contributed by atoms with Crippen molar-refractivity contribution in [2.24, 2.45) is 0 Å². The van der Waals surface area contributed by atoms with Crippen LogP contribution in [0.3, 0.4) is 0 Å². The molecule has 0 radical (unpaired) electrons. The Balaban J connectivity index is 2.24. The normalized spacial score (nSPS) is 15.9. The molecule has 0 aliphatic heterocycles. The van der Waals surface area contributed by atoms with E-state index in [1.807, 2.05) is 19.1 Å². The quantitative estimate of drug-likeness (QED) is 0.688. The predicted octanol–water partition coefficient (Wildman–Crippen LogP) is 3.07. The second kappa shape index (κ2) is 4.39. The zero-order valence-electron chi connectivity index (χ0n) is 8.99. The Labute approximate surface area is 90.0 Å². The Morgan fingerprint density at radius 2 is 2.20 bits per heavy atom. The molecule has 0 bridgehead atoms. The van der Waals surface area contributed by atoms with Gasteiger partial charge in [-0.2, -0.15) is 0 Å². The Bertz CT molecular complexity index is 407. The maximum Gasteiger partial charge on any atom is 0.207 e. The first-order valence-corrected chi connectivity index (χ1v) is 5.45. The number of hydrogen-bond donors (Lipinski definition) is 0. The number of ketones is 1. The van der Waals surface area contributed by atoms with Crippen LogP contribution in [0.4, 0.5) is 0 Å². The van der Waals surface area contributed by atoms with Crippen molar-refractivity contribution >= 4 is 5.78 Å².